The number of anilines is 1. The van der Waals surface area contributed by atoms with Gasteiger partial charge in [-0.3, -0.25) is 10.1 Å². The summed E-state index contributed by atoms with van der Waals surface area (Å²) < 4.78 is 0. The number of nitrogens with zero attached hydrogens (tertiary/aromatic N) is 1. The first-order chi connectivity index (χ1) is 13.7. The van der Waals surface area contributed by atoms with Gasteiger partial charge < -0.3 is 5.32 Å². The number of benzene rings is 3. The molecule has 3 aromatic carbocycles. The van der Waals surface area contributed by atoms with Crippen LogP contribution in [0.2, 0.25) is 0 Å². The number of nitro benzene ring substituents is 1. The lowest BCUT2D eigenvalue weighted by atomic mass is 9.76. The highest BCUT2D eigenvalue weighted by Gasteiger charge is 2.38. The summed E-state index contributed by atoms with van der Waals surface area (Å²) >= 11 is 0. The molecule has 0 spiro atoms. The van der Waals surface area contributed by atoms with Gasteiger partial charge in [-0.15, -0.1) is 0 Å². The predicted octanol–water partition coefficient (Wildman–Crippen LogP) is 6.09. The third-order valence-corrected chi connectivity index (χ3v) is 5.93. The lowest BCUT2D eigenvalue weighted by molar-refractivity contribution is -0.384. The van der Waals surface area contributed by atoms with Crippen molar-refractivity contribution in [2.75, 3.05) is 5.32 Å². The highest BCUT2D eigenvalue weighted by atomic mass is 16.6. The number of allylic oxidation sites excluding steroid dienone is 2. The summed E-state index contributed by atoms with van der Waals surface area (Å²) in [5.41, 5.74) is 6.17. The van der Waals surface area contributed by atoms with Crippen LogP contribution in [0.15, 0.2) is 84.9 Å². The molecule has 0 saturated carbocycles. The zero-order chi connectivity index (χ0) is 19.1. The second kappa shape index (κ2) is 6.64. The molecule has 28 heavy (non-hydrogen) atoms. The van der Waals surface area contributed by atoms with Gasteiger partial charge in [0.25, 0.3) is 5.69 Å². The van der Waals surface area contributed by atoms with Crippen molar-refractivity contribution in [2.24, 2.45) is 5.92 Å². The molecule has 4 nitrogen and oxygen atoms in total. The molecule has 5 rings (SSSR count). The van der Waals surface area contributed by atoms with Crippen LogP contribution in [0.3, 0.4) is 0 Å². The van der Waals surface area contributed by atoms with E-state index in [-0.39, 0.29) is 16.7 Å². The SMILES string of the molecule is O=[N+]([O-])c1ccc([C@H]2Nc3ccc(-c4ccccc4)cc3[C@H]3C=CC[C@@H]32)cc1. The van der Waals surface area contributed by atoms with Crippen LogP contribution in [0.1, 0.15) is 29.5 Å². The zero-order valence-corrected chi connectivity index (χ0v) is 15.3. The van der Waals surface area contributed by atoms with E-state index in [4.69, 9.17) is 0 Å². The van der Waals surface area contributed by atoms with Gasteiger partial charge in [-0.25, -0.2) is 0 Å². The molecular weight excluding hydrogens is 348 g/mol. The molecule has 0 radical (unpaired) electrons. The third-order valence-electron chi connectivity index (χ3n) is 5.93. The Morgan fingerprint density at radius 1 is 0.929 bits per heavy atom. The smallest absolute Gasteiger partial charge is 0.269 e. The van der Waals surface area contributed by atoms with Crippen molar-refractivity contribution in [3.63, 3.8) is 0 Å². The van der Waals surface area contributed by atoms with Crippen LogP contribution in [-0.2, 0) is 0 Å². The van der Waals surface area contributed by atoms with Crippen LogP contribution < -0.4 is 5.32 Å². The Morgan fingerprint density at radius 2 is 1.71 bits per heavy atom. The summed E-state index contributed by atoms with van der Waals surface area (Å²) in [5.74, 6) is 0.778. The predicted molar refractivity (Wildman–Crippen MR) is 111 cm³/mol. The molecule has 1 heterocycles. The van der Waals surface area contributed by atoms with E-state index in [0.29, 0.717) is 11.8 Å². The molecule has 0 fully saturated rings. The van der Waals surface area contributed by atoms with Crippen LogP contribution >= 0.6 is 0 Å². The summed E-state index contributed by atoms with van der Waals surface area (Å²) in [6.07, 6.45) is 5.59. The van der Waals surface area contributed by atoms with E-state index in [1.165, 1.54) is 16.7 Å². The van der Waals surface area contributed by atoms with E-state index in [1.807, 2.05) is 18.2 Å². The summed E-state index contributed by atoms with van der Waals surface area (Å²) in [6.45, 7) is 0. The summed E-state index contributed by atoms with van der Waals surface area (Å²) in [7, 11) is 0. The molecule has 0 aromatic heterocycles. The average Bonchev–Trinajstić information content (AvgIpc) is 3.24. The van der Waals surface area contributed by atoms with Gasteiger partial charge in [0.15, 0.2) is 0 Å². The molecule has 3 aromatic rings. The normalized spacial score (nSPS) is 22.2. The molecule has 0 bridgehead atoms. The Kier molecular flexibility index (Phi) is 3.97. The van der Waals surface area contributed by atoms with Crippen LogP contribution in [0.4, 0.5) is 11.4 Å². The second-order valence-electron chi connectivity index (χ2n) is 7.49. The third kappa shape index (κ3) is 2.78. The molecule has 0 unspecified atom stereocenters. The minimum absolute atomic E-state index is 0.133. The molecule has 138 valence electrons. The van der Waals surface area contributed by atoms with Gasteiger partial charge in [0.1, 0.15) is 0 Å². The number of hydrogen-bond acceptors (Lipinski definition) is 3. The molecule has 3 atom stereocenters. The minimum atomic E-state index is -0.349. The molecule has 1 N–H and O–H groups in total. The molecular formula is C24H20N2O2. The lowest BCUT2D eigenvalue weighted by Gasteiger charge is -2.37. The second-order valence-corrected chi connectivity index (χ2v) is 7.49. The van der Waals surface area contributed by atoms with Crippen molar-refractivity contribution in [3.8, 4) is 11.1 Å². The van der Waals surface area contributed by atoms with Gasteiger partial charge >= 0.3 is 0 Å². The van der Waals surface area contributed by atoms with E-state index >= 15 is 0 Å². The maximum absolute atomic E-state index is 11.0. The Labute approximate surface area is 163 Å². The van der Waals surface area contributed by atoms with E-state index in [2.05, 4.69) is 59.9 Å². The van der Waals surface area contributed by atoms with Crippen molar-refractivity contribution in [3.05, 3.63) is 106 Å². The van der Waals surface area contributed by atoms with Crippen molar-refractivity contribution in [1.82, 2.24) is 0 Å². The maximum Gasteiger partial charge on any atom is 0.269 e. The van der Waals surface area contributed by atoms with Gasteiger partial charge in [0.05, 0.1) is 11.0 Å². The summed E-state index contributed by atoms with van der Waals surface area (Å²) in [6, 6.07) is 24.2. The van der Waals surface area contributed by atoms with Crippen molar-refractivity contribution >= 4 is 11.4 Å². The monoisotopic (exact) mass is 368 g/mol. The highest BCUT2D eigenvalue weighted by molar-refractivity contribution is 5.71. The van der Waals surface area contributed by atoms with Crippen molar-refractivity contribution in [1.29, 1.82) is 0 Å². The van der Waals surface area contributed by atoms with Gasteiger partial charge in [0.2, 0.25) is 0 Å². The number of nitro groups is 1. The van der Waals surface area contributed by atoms with Gasteiger partial charge in [-0.05, 0) is 46.7 Å². The molecule has 1 aliphatic carbocycles. The maximum atomic E-state index is 11.0. The van der Waals surface area contributed by atoms with Crippen LogP contribution in [-0.4, -0.2) is 4.92 Å². The first-order valence-corrected chi connectivity index (χ1v) is 9.57. The minimum Gasteiger partial charge on any atom is -0.378 e. The zero-order valence-electron chi connectivity index (χ0n) is 15.3. The fraction of sp³-hybridized carbons (Fsp3) is 0.167. The van der Waals surface area contributed by atoms with Crippen LogP contribution in [0.5, 0.6) is 0 Å². The Hall–Kier alpha value is -3.40. The lowest BCUT2D eigenvalue weighted by Crippen LogP contribution is -2.29. The van der Waals surface area contributed by atoms with Gasteiger partial charge in [-0.2, -0.15) is 0 Å². The fourth-order valence-corrected chi connectivity index (χ4v) is 4.54. The van der Waals surface area contributed by atoms with Crippen molar-refractivity contribution in [2.45, 2.75) is 18.4 Å². The molecule has 4 heteroatoms. The fourth-order valence-electron chi connectivity index (χ4n) is 4.54. The first kappa shape index (κ1) is 16.8. The van der Waals surface area contributed by atoms with E-state index < -0.39 is 0 Å². The molecule has 0 saturated heterocycles. The van der Waals surface area contributed by atoms with E-state index in [1.54, 1.807) is 12.1 Å². The first-order valence-electron chi connectivity index (χ1n) is 9.57. The highest BCUT2D eigenvalue weighted by Crippen LogP contribution is 2.50. The van der Waals surface area contributed by atoms with Crippen molar-refractivity contribution < 1.29 is 4.92 Å². The molecule has 2 aliphatic rings. The standard InChI is InChI=1S/C24H20N2O2/c27-26(28)19-12-9-17(10-13-19)24-21-8-4-7-20(21)22-15-18(11-14-23(22)25-24)16-5-2-1-3-6-16/h1-7,9-15,20-21,24-25H,8H2/t20-,21-,24+/m0/s1. The Balaban J connectivity index is 1.52. The Morgan fingerprint density at radius 3 is 2.46 bits per heavy atom. The number of nitrogens with one attached hydrogen (secondary N) is 1. The largest absolute Gasteiger partial charge is 0.378 e. The quantitative estimate of drug-likeness (QED) is 0.346. The van der Waals surface area contributed by atoms with E-state index in [0.717, 1.165) is 17.7 Å². The number of hydrogen-bond donors (Lipinski definition) is 1. The van der Waals surface area contributed by atoms with Gasteiger partial charge in [0, 0.05) is 23.7 Å². The summed E-state index contributed by atoms with van der Waals surface area (Å²) in [4.78, 5) is 10.6. The topological polar surface area (TPSA) is 55.2 Å². The Bertz CT molecular complexity index is 1060. The van der Waals surface area contributed by atoms with E-state index in [9.17, 15) is 10.1 Å². The summed E-state index contributed by atoms with van der Waals surface area (Å²) in [5, 5.41) is 14.7. The van der Waals surface area contributed by atoms with Crippen LogP contribution in [0.25, 0.3) is 11.1 Å². The average molecular weight is 368 g/mol. The number of fused-ring (bicyclic) bond motifs is 3. The molecule has 0 amide bonds. The van der Waals surface area contributed by atoms with Gasteiger partial charge in [-0.1, -0.05) is 60.7 Å². The van der Waals surface area contributed by atoms with Crippen LogP contribution in [0, 0.1) is 16.0 Å². The molecule has 1 aliphatic heterocycles. The number of rotatable bonds is 3. The number of non-ortho nitro benzene ring substituents is 1.